The fraction of sp³-hybridized carbons (Fsp3) is 0.417. The topological polar surface area (TPSA) is 75.4 Å². The first kappa shape index (κ1) is 21.0. The van der Waals surface area contributed by atoms with Crippen molar-refractivity contribution in [3.8, 4) is 11.3 Å². The number of nitrogens with zero attached hydrogens (tertiary/aromatic N) is 5. The smallest absolute Gasteiger partial charge is 0.227 e. The summed E-state index contributed by atoms with van der Waals surface area (Å²) in [5, 5.41) is 4.11. The van der Waals surface area contributed by atoms with Gasteiger partial charge < -0.3 is 14.3 Å². The Bertz CT molecular complexity index is 1110. The van der Waals surface area contributed by atoms with E-state index in [2.05, 4.69) is 16.2 Å². The number of aryl methyl sites for hydroxylation is 2. The Morgan fingerprint density at radius 2 is 2.06 bits per heavy atom. The maximum Gasteiger partial charge on any atom is 0.227 e. The van der Waals surface area contributed by atoms with Crippen LogP contribution in [0.2, 0.25) is 0 Å². The summed E-state index contributed by atoms with van der Waals surface area (Å²) in [7, 11) is 3.83. The molecular formula is C24H29N5O2. The first-order valence-electron chi connectivity index (χ1n) is 10.7. The Morgan fingerprint density at radius 3 is 2.74 bits per heavy atom. The molecule has 0 bridgehead atoms. The number of carbonyl (C=O) groups is 1. The maximum absolute atomic E-state index is 13.3. The van der Waals surface area contributed by atoms with Crippen LogP contribution in [0.1, 0.15) is 47.0 Å². The molecule has 31 heavy (non-hydrogen) atoms. The first-order chi connectivity index (χ1) is 14.8. The molecule has 1 fully saturated rings. The van der Waals surface area contributed by atoms with Gasteiger partial charge in [-0.25, -0.2) is 9.97 Å². The van der Waals surface area contributed by atoms with Gasteiger partial charge in [0.05, 0.1) is 29.4 Å². The van der Waals surface area contributed by atoms with Crippen molar-refractivity contribution in [3.63, 3.8) is 0 Å². The third kappa shape index (κ3) is 4.17. The zero-order valence-corrected chi connectivity index (χ0v) is 18.8. The lowest BCUT2D eigenvalue weighted by molar-refractivity contribution is -0.131. The predicted molar refractivity (Wildman–Crippen MR) is 120 cm³/mol. The molecule has 0 radical (unpaired) electrons. The highest BCUT2D eigenvalue weighted by atomic mass is 16.5. The second-order valence-corrected chi connectivity index (χ2v) is 8.50. The van der Waals surface area contributed by atoms with Crippen molar-refractivity contribution in [1.29, 1.82) is 0 Å². The summed E-state index contributed by atoms with van der Waals surface area (Å²) in [4.78, 5) is 26.5. The zero-order chi connectivity index (χ0) is 22.1. The number of benzene rings is 1. The lowest BCUT2D eigenvalue weighted by Gasteiger charge is -2.26. The fourth-order valence-corrected chi connectivity index (χ4v) is 4.14. The van der Waals surface area contributed by atoms with Gasteiger partial charge in [-0.1, -0.05) is 35.0 Å². The minimum Gasteiger partial charge on any atom is -0.356 e. The number of hydrogen-bond acceptors (Lipinski definition) is 6. The molecule has 3 heterocycles. The van der Waals surface area contributed by atoms with Gasteiger partial charge in [-0.3, -0.25) is 4.79 Å². The molecule has 3 aromatic rings. The Hall–Kier alpha value is -3.22. The van der Waals surface area contributed by atoms with E-state index in [1.165, 1.54) is 0 Å². The van der Waals surface area contributed by atoms with Crippen molar-refractivity contribution in [1.82, 2.24) is 20.0 Å². The van der Waals surface area contributed by atoms with Crippen molar-refractivity contribution in [2.24, 2.45) is 0 Å². The van der Waals surface area contributed by atoms with Crippen molar-refractivity contribution in [2.75, 3.05) is 25.5 Å². The van der Waals surface area contributed by atoms with Gasteiger partial charge in [0, 0.05) is 32.4 Å². The molecule has 0 saturated carbocycles. The third-order valence-corrected chi connectivity index (χ3v) is 5.93. The van der Waals surface area contributed by atoms with Crippen LogP contribution in [0.3, 0.4) is 0 Å². The number of amides is 1. The molecule has 1 aromatic carbocycles. The van der Waals surface area contributed by atoms with Gasteiger partial charge in [0.25, 0.3) is 0 Å². The lowest BCUT2D eigenvalue weighted by Crippen LogP contribution is -2.33. The largest absolute Gasteiger partial charge is 0.356 e. The molecule has 7 nitrogen and oxygen atoms in total. The number of hydrogen-bond donors (Lipinski definition) is 0. The number of likely N-dealkylation sites (tertiary alicyclic amines) is 1. The number of rotatable bonds is 5. The molecule has 7 heteroatoms. The van der Waals surface area contributed by atoms with Gasteiger partial charge >= 0.3 is 0 Å². The molecule has 1 saturated heterocycles. The summed E-state index contributed by atoms with van der Waals surface area (Å²) >= 11 is 0. The van der Waals surface area contributed by atoms with E-state index in [0.717, 1.165) is 53.0 Å². The van der Waals surface area contributed by atoms with Crippen LogP contribution in [0.5, 0.6) is 0 Å². The quantitative estimate of drug-likeness (QED) is 0.622. The van der Waals surface area contributed by atoms with Gasteiger partial charge in [-0.15, -0.1) is 0 Å². The molecule has 162 valence electrons. The van der Waals surface area contributed by atoms with Gasteiger partial charge in [-0.05, 0) is 39.2 Å². The summed E-state index contributed by atoms with van der Waals surface area (Å²) in [5.41, 5.74) is 5.65. The van der Waals surface area contributed by atoms with Crippen LogP contribution in [-0.4, -0.2) is 46.6 Å². The number of aromatic nitrogens is 3. The average molecular weight is 420 g/mol. The highest BCUT2D eigenvalue weighted by Gasteiger charge is 2.34. The van der Waals surface area contributed by atoms with E-state index in [0.29, 0.717) is 18.1 Å². The van der Waals surface area contributed by atoms with E-state index >= 15 is 0 Å². The SMILES string of the molecule is Cc1cccc(CC(=O)N2CCCC2c2nc(N(C)C)ncc2-c2onc(C)c2C)c1. The maximum atomic E-state index is 13.3. The minimum atomic E-state index is -0.112. The van der Waals surface area contributed by atoms with Gasteiger partial charge in [0.1, 0.15) is 0 Å². The van der Waals surface area contributed by atoms with Gasteiger partial charge in [0.2, 0.25) is 11.9 Å². The van der Waals surface area contributed by atoms with Crippen molar-refractivity contribution >= 4 is 11.9 Å². The number of carbonyl (C=O) groups excluding carboxylic acids is 1. The van der Waals surface area contributed by atoms with Crippen molar-refractivity contribution in [2.45, 2.75) is 46.1 Å². The van der Waals surface area contributed by atoms with E-state index in [-0.39, 0.29) is 11.9 Å². The molecule has 4 rings (SSSR count). The summed E-state index contributed by atoms with van der Waals surface area (Å²) in [6.07, 6.45) is 3.99. The molecule has 1 unspecified atom stereocenters. The summed E-state index contributed by atoms with van der Waals surface area (Å²) < 4.78 is 5.64. The molecule has 0 aliphatic carbocycles. The van der Waals surface area contributed by atoms with Crippen LogP contribution in [-0.2, 0) is 11.2 Å². The highest BCUT2D eigenvalue weighted by Crippen LogP contribution is 2.38. The molecule has 0 spiro atoms. The van der Waals surface area contributed by atoms with E-state index < -0.39 is 0 Å². The Labute approximate surface area is 183 Å². The fourth-order valence-electron chi connectivity index (χ4n) is 4.14. The molecule has 0 N–H and O–H groups in total. The standard InChI is InChI=1S/C24H29N5O2/c1-15-8-6-9-18(12-15)13-21(30)29-11-7-10-20(29)22-19(14-25-24(26-22)28(4)5)23-16(2)17(3)27-31-23/h6,8-9,12,14,20H,7,10-11,13H2,1-5H3. The van der Waals surface area contributed by atoms with Crippen LogP contribution < -0.4 is 4.90 Å². The molecule has 1 atom stereocenters. The summed E-state index contributed by atoms with van der Waals surface area (Å²) in [5.74, 6) is 1.41. The second-order valence-electron chi connectivity index (χ2n) is 8.50. The van der Waals surface area contributed by atoms with Crippen LogP contribution >= 0.6 is 0 Å². The van der Waals surface area contributed by atoms with E-state index in [4.69, 9.17) is 9.51 Å². The Morgan fingerprint density at radius 1 is 1.26 bits per heavy atom. The lowest BCUT2D eigenvalue weighted by atomic mass is 10.0. The van der Waals surface area contributed by atoms with Gasteiger partial charge in [0.15, 0.2) is 5.76 Å². The first-order valence-corrected chi connectivity index (χ1v) is 10.7. The van der Waals surface area contributed by atoms with E-state index in [9.17, 15) is 4.79 Å². The summed E-state index contributed by atoms with van der Waals surface area (Å²) in [6.45, 7) is 6.68. The Kier molecular flexibility index (Phi) is 5.76. The minimum absolute atomic E-state index is 0.112. The molecule has 1 amide bonds. The Balaban J connectivity index is 1.71. The van der Waals surface area contributed by atoms with E-state index in [1.807, 2.05) is 62.9 Å². The molecule has 1 aliphatic heterocycles. The van der Waals surface area contributed by atoms with Crippen LogP contribution in [0.4, 0.5) is 5.95 Å². The molecular weight excluding hydrogens is 390 g/mol. The number of anilines is 1. The molecule has 1 aliphatic rings. The van der Waals surface area contributed by atoms with E-state index in [1.54, 1.807) is 6.20 Å². The highest BCUT2D eigenvalue weighted by molar-refractivity contribution is 5.80. The van der Waals surface area contributed by atoms with Crippen molar-refractivity contribution < 1.29 is 9.32 Å². The van der Waals surface area contributed by atoms with Gasteiger partial charge in [-0.2, -0.15) is 0 Å². The zero-order valence-electron chi connectivity index (χ0n) is 18.8. The monoisotopic (exact) mass is 419 g/mol. The van der Waals surface area contributed by atoms with Crippen LogP contribution in [0.25, 0.3) is 11.3 Å². The second kappa shape index (κ2) is 8.49. The van der Waals surface area contributed by atoms with Crippen LogP contribution in [0, 0.1) is 20.8 Å². The molecule has 2 aromatic heterocycles. The predicted octanol–water partition coefficient (Wildman–Crippen LogP) is 4.03. The normalized spacial score (nSPS) is 16.0. The van der Waals surface area contributed by atoms with Crippen molar-refractivity contribution in [3.05, 3.63) is 58.5 Å². The average Bonchev–Trinajstić information content (AvgIpc) is 3.35. The summed E-state index contributed by atoms with van der Waals surface area (Å²) in [6, 6.07) is 8.02. The van der Waals surface area contributed by atoms with Crippen LogP contribution in [0.15, 0.2) is 35.0 Å². The third-order valence-electron chi connectivity index (χ3n) is 5.93.